The molecule has 3 aromatic rings. The summed E-state index contributed by atoms with van der Waals surface area (Å²) in [6.07, 6.45) is 1.02. The van der Waals surface area contributed by atoms with Crippen molar-refractivity contribution in [2.75, 3.05) is 19.8 Å². The van der Waals surface area contributed by atoms with E-state index < -0.39 is 6.10 Å². The Labute approximate surface area is 180 Å². The van der Waals surface area contributed by atoms with Gasteiger partial charge in [0.25, 0.3) is 0 Å². The minimum absolute atomic E-state index is 0.212. The molecule has 6 heteroatoms. The number of benzene rings is 2. The first kappa shape index (κ1) is 21.4. The predicted molar refractivity (Wildman–Crippen MR) is 116 cm³/mol. The van der Waals surface area contributed by atoms with E-state index in [0.717, 1.165) is 27.3 Å². The molecule has 1 heterocycles. The van der Waals surface area contributed by atoms with Gasteiger partial charge in [-0.25, -0.2) is 0 Å². The number of furan rings is 1. The van der Waals surface area contributed by atoms with E-state index in [4.69, 9.17) is 13.9 Å². The molecule has 0 bridgehead atoms. The summed E-state index contributed by atoms with van der Waals surface area (Å²) in [5, 5.41) is 10.6. The lowest BCUT2D eigenvalue weighted by Crippen LogP contribution is -2.35. The van der Waals surface area contributed by atoms with Crippen LogP contribution in [-0.2, 0) is 13.1 Å². The molecule has 1 N–H and O–H groups in total. The number of rotatable bonds is 11. The average Bonchev–Trinajstić information content (AvgIpc) is 3.22. The fraction of sp³-hybridized carbons (Fsp3) is 0.304. The largest absolute Gasteiger partial charge is 0.494 e. The van der Waals surface area contributed by atoms with Crippen LogP contribution >= 0.6 is 15.9 Å². The molecule has 1 atom stereocenters. The van der Waals surface area contributed by atoms with E-state index in [1.54, 1.807) is 6.26 Å². The highest BCUT2D eigenvalue weighted by Crippen LogP contribution is 2.21. The SMILES string of the molecule is CCOc1ccccc1CN(Cc1ccco1)CC(O)COc1ccc(Br)cc1. The third-order valence-electron chi connectivity index (χ3n) is 4.35. The van der Waals surface area contributed by atoms with Gasteiger partial charge in [0.15, 0.2) is 0 Å². The lowest BCUT2D eigenvalue weighted by atomic mass is 10.1. The van der Waals surface area contributed by atoms with Gasteiger partial charge in [-0.05, 0) is 49.4 Å². The smallest absolute Gasteiger partial charge is 0.123 e. The van der Waals surface area contributed by atoms with E-state index in [9.17, 15) is 5.11 Å². The quantitative estimate of drug-likeness (QED) is 0.442. The van der Waals surface area contributed by atoms with Crippen molar-refractivity contribution in [1.82, 2.24) is 4.90 Å². The molecule has 1 aromatic heterocycles. The number of hydrogen-bond acceptors (Lipinski definition) is 5. The predicted octanol–water partition coefficient (Wildman–Crippen LogP) is 4.88. The van der Waals surface area contributed by atoms with Crippen LogP contribution in [0.5, 0.6) is 11.5 Å². The average molecular weight is 460 g/mol. The van der Waals surface area contributed by atoms with Gasteiger partial charge in [-0.1, -0.05) is 34.1 Å². The number of para-hydroxylation sites is 1. The van der Waals surface area contributed by atoms with Gasteiger partial charge in [0.2, 0.25) is 0 Å². The Morgan fingerprint density at radius 1 is 1.00 bits per heavy atom. The Balaban J connectivity index is 1.64. The van der Waals surface area contributed by atoms with Crippen LogP contribution in [0.4, 0.5) is 0 Å². The number of hydrogen-bond donors (Lipinski definition) is 1. The highest BCUT2D eigenvalue weighted by atomic mass is 79.9. The lowest BCUT2D eigenvalue weighted by Gasteiger charge is -2.25. The van der Waals surface area contributed by atoms with E-state index in [-0.39, 0.29) is 6.61 Å². The molecule has 0 saturated carbocycles. The van der Waals surface area contributed by atoms with Crippen molar-refractivity contribution in [1.29, 1.82) is 0 Å². The Hall–Kier alpha value is -2.28. The molecule has 0 amide bonds. The van der Waals surface area contributed by atoms with Crippen LogP contribution in [0.2, 0.25) is 0 Å². The molecule has 3 rings (SSSR count). The number of ether oxygens (including phenoxy) is 2. The van der Waals surface area contributed by atoms with Crippen molar-refractivity contribution in [3.05, 3.63) is 82.7 Å². The van der Waals surface area contributed by atoms with Gasteiger partial charge in [0.05, 0.1) is 19.4 Å². The number of aliphatic hydroxyl groups is 1. The van der Waals surface area contributed by atoms with E-state index in [2.05, 4.69) is 20.8 Å². The van der Waals surface area contributed by atoms with E-state index in [1.165, 1.54) is 0 Å². The van der Waals surface area contributed by atoms with Crippen LogP contribution in [0.1, 0.15) is 18.2 Å². The molecule has 29 heavy (non-hydrogen) atoms. The van der Waals surface area contributed by atoms with Crippen LogP contribution in [0.25, 0.3) is 0 Å². The van der Waals surface area contributed by atoms with Crippen molar-refractivity contribution in [3.63, 3.8) is 0 Å². The Morgan fingerprint density at radius 2 is 1.79 bits per heavy atom. The lowest BCUT2D eigenvalue weighted by molar-refractivity contribution is 0.0601. The second-order valence-electron chi connectivity index (χ2n) is 6.71. The molecule has 1 unspecified atom stereocenters. The third kappa shape index (κ3) is 6.92. The first-order valence-corrected chi connectivity index (χ1v) is 10.4. The minimum atomic E-state index is -0.645. The second kappa shape index (κ2) is 11.0. The second-order valence-corrected chi connectivity index (χ2v) is 7.62. The molecule has 0 aliphatic rings. The summed E-state index contributed by atoms with van der Waals surface area (Å²) < 4.78 is 18.0. The van der Waals surface area contributed by atoms with Gasteiger partial charge in [0.1, 0.15) is 30.0 Å². The van der Waals surface area contributed by atoms with Crippen molar-refractivity contribution >= 4 is 15.9 Å². The van der Waals surface area contributed by atoms with Gasteiger partial charge in [-0.15, -0.1) is 0 Å². The van der Waals surface area contributed by atoms with E-state index >= 15 is 0 Å². The zero-order valence-electron chi connectivity index (χ0n) is 16.5. The molecule has 0 aliphatic heterocycles. The van der Waals surface area contributed by atoms with E-state index in [1.807, 2.05) is 67.6 Å². The topological polar surface area (TPSA) is 55.1 Å². The van der Waals surface area contributed by atoms with Crippen LogP contribution in [0.3, 0.4) is 0 Å². The maximum atomic E-state index is 10.6. The molecule has 0 radical (unpaired) electrons. The molecule has 0 aliphatic carbocycles. The standard InChI is InChI=1S/C23H26BrNO4/c1-2-27-23-8-4-3-6-18(23)14-25(16-22-7-5-13-28-22)15-20(26)17-29-21-11-9-19(24)10-12-21/h3-13,20,26H,2,14-17H2,1H3. The van der Waals surface area contributed by atoms with Gasteiger partial charge in [-0.3, -0.25) is 4.90 Å². The number of nitrogens with zero attached hydrogens (tertiary/aromatic N) is 1. The Morgan fingerprint density at radius 3 is 2.52 bits per heavy atom. The summed E-state index contributed by atoms with van der Waals surface area (Å²) in [4.78, 5) is 2.13. The van der Waals surface area contributed by atoms with E-state index in [0.29, 0.717) is 26.2 Å². The number of aliphatic hydroxyl groups excluding tert-OH is 1. The Bertz CT molecular complexity index is 852. The molecule has 0 fully saturated rings. The minimum Gasteiger partial charge on any atom is -0.494 e. The highest BCUT2D eigenvalue weighted by molar-refractivity contribution is 9.10. The first-order chi connectivity index (χ1) is 14.1. The van der Waals surface area contributed by atoms with Crippen molar-refractivity contribution in [3.8, 4) is 11.5 Å². The summed E-state index contributed by atoms with van der Waals surface area (Å²) >= 11 is 3.40. The monoisotopic (exact) mass is 459 g/mol. The summed E-state index contributed by atoms with van der Waals surface area (Å²) in [5.74, 6) is 2.44. The van der Waals surface area contributed by atoms with Gasteiger partial charge in [0, 0.05) is 23.1 Å². The maximum Gasteiger partial charge on any atom is 0.123 e. The highest BCUT2D eigenvalue weighted by Gasteiger charge is 2.17. The maximum absolute atomic E-state index is 10.6. The van der Waals surface area contributed by atoms with Crippen LogP contribution in [-0.4, -0.2) is 35.9 Å². The normalized spacial score (nSPS) is 12.1. The fourth-order valence-electron chi connectivity index (χ4n) is 3.05. The van der Waals surface area contributed by atoms with Crippen LogP contribution < -0.4 is 9.47 Å². The summed E-state index contributed by atoms with van der Waals surface area (Å²) in [6.45, 7) is 4.45. The zero-order valence-corrected chi connectivity index (χ0v) is 18.0. The number of halogens is 1. The van der Waals surface area contributed by atoms with Crippen molar-refractivity contribution < 1.29 is 19.0 Å². The summed E-state index contributed by atoms with van der Waals surface area (Å²) in [5.41, 5.74) is 1.07. The van der Waals surface area contributed by atoms with Gasteiger partial charge >= 0.3 is 0 Å². The molecule has 5 nitrogen and oxygen atoms in total. The van der Waals surface area contributed by atoms with Gasteiger partial charge < -0.3 is 19.0 Å². The molecule has 2 aromatic carbocycles. The molecule has 154 valence electrons. The summed E-state index contributed by atoms with van der Waals surface area (Å²) in [7, 11) is 0. The van der Waals surface area contributed by atoms with Crippen molar-refractivity contribution in [2.45, 2.75) is 26.1 Å². The third-order valence-corrected chi connectivity index (χ3v) is 4.88. The molecule has 0 saturated heterocycles. The Kier molecular flexibility index (Phi) is 8.16. The fourth-order valence-corrected chi connectivity index (χ4v) is 3.32. The zero-order chi connectivity index (χ0) is 20.5. The molecular formula is C23H26BrNO4. The van der Waals surface area contributed by atoms with Crippen molar-refractivity contribution in [2.24, 2.45) is 0 Å². The first-order valence-electron chi connectivity index (χ1n) is 9.66. The van der Waals surface area contributed by atoms with Crippen LogP contribution in [0, 0.1) is 0 Å². The van der Waals surface area contributed by atoms with Gasteiger partial charge in [-0.2, -0.15) is 0 Å². The van der Waals surface area contributed by atoms with Crippen LogP contribution in [0.15, 0.2) is 75.8 Å². The molecular weight excluding hydrogens is 434 g/mol. The summed E-state index contributed by atoms with van der Waals surface area (Å²) in [6, 6.07) is 19.3. The molecule has 0 spiro atoms.